The molecule has 33 heavy (non-hydrogen) atoms. The van der Waals surface area contributed by atoms with Crippen molar-refractivity contribution >= 4 is 12.2 Å². The van der Waals surface area contributed by atoms with E-state index in [4.69, 9.17) is 9.47 Å². The molecule has 10 nitrogen and oxygen atoms in total. The average Bonchev–Trinajstić information content (AvgIpc) is 3.29. The summed E-state index contributed by atoms with van der Waals surface area (Å²) in [6.07, 6.45) is 1.92. The van der Waals surface area contributed by atoms with Gasteiger partial charge in [0, 0.05) is 38.8 Å². The minimum absolute atomic E-state index is 0.105. The van der Waals surface area contributed by atoms with Crippen molar-refractivity contribution in [3.63, 3.8) is 0 Å². The summed E-state index contributed by atoms with van der Waals surface area (Å²) in [7, 11) is 0. The predicted octanol–water partition coefficient (Wildman–Crippen LogP) is 2.33. The van der Waals surface area contributed by atoms with Crippen molar-refractivity contribution in [2.24, 2.45) is 5.92 Å². The van der Waals surface area contributed by atoms with Gasteiger partial charge >= 0.3 is 12.2 Å². The van der Waals surface area contributed by atoms with Gasteiger partial charge in [0.25, 0.3) is 0 Å². The van der Waals surface area contributed by atoms with E-state index in [0.29, 0.717) is 37.8 Å². The van der Waals surface area contributed by atoms with Gasteiger partial charge in [-0.1, -0.05) is 35.5 Å². The van der Waals surface area contributed by atoms with Crippen LogP contribution in [0.5, 0.6) is 0 Å². The van der Waals surface area contributed by atoms with Crippen molar-refractivity contribution in [3.05, 3.63) is 47.3 Å². The highest BCUT2D eigenvalue weighted by Crippen LogP contribution is 2.23. The van der Waals surface area contributed by atoms with Crippen molar-refractivity contribution in [1.29, 1.82) is 0 Å². The second-order valence-electron chi connectivity index (χ2n) is 8.77. The quantitative estimate of drug-likeness (QED) is 0.686. The summed E-state index contributed by atoms with van der Waals surface area (Å²) in [6.45, 7) is 5.80. The molecule has 2 saturated heterocycles. The Morgan fingerprint density at radius 3 is 2.52 bits per heavy atom. The molecule has 2 N–H and O–H groups in total. The van der Waals surface area contributed by atoms with Crippen molar-refractivity contribution in [2.75, 3.05) is 32.7 Å². The van der Waals surface area contributed by atoms with Crippen LogP contribution in [0.1, 0.15) is 36.7 Å². The fourth-order valence-electron chi connectivity index (χ4n) is 4.29. The number of carbonyl (C=O) groups is 2. The van der Waals surface area contributed by atoms with Crippen LogP contribution >= 0.6 is 0 Å². The molecule has 0 saturated carbocycles. The molecule has 178 valence electrons. The van der Waals surface area contributed by atoms with Crippen molar-refractivity contribution in [1.82, 2.24) is 30.5 Å². The van der Waals surface area contributed by atoms with Gasteiger partial charge in [0.15, 0.2) is 0 Å². The third-order valence-electron chi connectivity index (χ3n) is 6.23. The number of piperidine rings is 1. The molecule has 1 aromatic heterocycles. The van der Waals surface area contributed by atoms with E-state index in [2.05, 4.69) is 20.7 Å². The summed E-state index contributed by atoms with van der Waals surface area (Å²) in [5.74, 6) is 0.397. The van der Waals surface area contributed by atoms with E-state index in [1.807, 2.05) is 37.3 Å². The number of benzene rings is 1. The fourth-order valence-corrected chi connectivity index (χ4v) is 4.29. The number of hydrogen-bond donors (Lipinski definition) is 2. The Bertz CT molecular complexity index is 913. The molecule has 0 aliphatic carbocycles. The van der Waals surface area contributed by atoms with Gasteiger partial charge in [0.2, 0.25) is 0 Å². The monoisotopic (exact) mass is 456 g/mol. The molecule has 1 aromatic carbocycles. The topological polar surface area (TPSA) is 113 Å². The second-order valence-corrected chi connectivity index (χ2v) is 8.77. The molecule has 2 aromatic rings. The van der Waals surface area contributed by atoms with Gasteiger partial charge in [-0.3, -0.25) is 5.10 Å². The van der Waals surface area contributed by atoms with Gasteiger partial charge in [-0.2, -0.15) is 0 Å². The van der Waals surface area contributed by atoms with Gasteiger partial charge in [-0.25, -0.2) is 9.59 Å². The van der Waals surface area contributed by atoms with Crippen LogP contribution in [0.3, 0.4) is 0 Å². The Balaban J connectivity index is 1.20. The molecule has 1 unspecified atom stereocenters. The fraction of sp³-hybridized carbons (Fsp3) is 0.565. The lowest BCUT2D eigenvalue weighted by Crippen LogP contribution is -2.51. The van der Waals surface area contributed by atoms with Crippen molar-refractivity contribution < 1.29 is 19.1 Å². The summed E-state index contributed by atoms with van der Waals surface area (Å²) in [6, 6.07) is 9.94. The van der Waals surface area contributed by atoms with Gasteiger partial charge < -0.3 is 24.6 Å². The van der Waals surface area contributed by atoms with E-state index < -0.39 is 0 Å². The average molecular weight is 457 g/mol. The number of H-pyrrole nitrogens is 1. The molecule has 0 radical (unpaired) electrons. The number of aromatic nitrogens is 3. The molecule has 0 spiro atoms. The molecule has 2 amide bonds. The highest BCUT2D eigenvalue weighted by Gasteiger charge is 2.26. The zero-order valence-corrected chi connectivity index (χ0v) is 19.0. The van der Waals surface area contributed by atoms with Crippen molar-refractivity contribution in [2.45, 2.75) is 45.4 Å². The second kappa shape index (κ2) is 11.1. The minimum Gasteiger partial charge on any atom is -0.445 e. The summed E-state index contributed by atoms with van der Waals surface area (Å²) in [4.78, 5) is 28.2. The first-order valence-electron chi connectivity index (χ1n) is 11.6. The van der Waals surface area contributed by atoms with Crippen LogP contribution in [-0.4, -0.2) is 76.2 Å². The lowest BCUT2D eigenvalue weighted by molar-refractivity contribution is 0.0819. The molecule has 10 heteroatoms. The summed E-state index contributed by atoms with van der Waals surface area (Å²) >= 11 is 0. The van der Waals surface area contributed by atoms with Crippen LogP contribution in [0.4, 0.5) is 9.59 Å². The molecule has 4 rings (SSSR count). The van der Waals surface area contributed by atoms with E-state index >= 15 is 0 Å². The van der Waals surface area contributed by atoms with E-state index in [-0.39, 0.29) is 31.4 Å². The smallest absolute Gasteiger partial charge is 0.410 e. The molecule has 0 bridgehead atoms. The van der Waals surface area contributed by atoms with Crippen molar-refractivity contribution in [3.8, 4) is 0 Å². The highest BCUT2D eigenvalue weighted by molar-refractivity contribution is 5.68. The molecule has 2 fully saturated rings. The van der Waals surface area contributed by atoms with E-state index in [0.717, 1.165) is 37.1 Å². The van der Waals surface area contributed by atoms with Crippen LogP contribution < -0.4 is 5.32 Å². The van der Waals surface area contributed by atoms with Crippen LogP contribution in [0.25, 0.3) is 0 Å². The Morgan fingerprint density at radius 1 is 1.03 bits per heavy atom. The number of hydrogen-bond acceptors (Lipinski definition) is 7. The third kappa shape index (κ3) is 6.44. The zero-order valence-electron chi connectivity index (χ0n) is 19.0. The summed E-state index contributed by atoms with van der Waals surface area (Å²) < 4.78 is 10.9. The third-order valence-corrected chi connectivity index (χ3v) is 6.23. The Hall–Kier alpha value is -3.14. The lowest BCUT2D eigenvalue weighted by Gasteiger charge is -2.31. The van der Waals surface area contributed by atoms with Gasteiger partial charge in [0.05, 0.1) is 5.69 Å². The maximum absolute atomic E-state index is 12.4. The number of carbonyl (C=O) groups excluding carboxylic acids is 2. The maximum Gasteiger partial charge on any atom is 0.410 e. The number of aromatic amines is 1. The SMILES string of the molecule is CC1CN(C(=O)OCc2nn[nH]c2CC2CCN(C(=O)OCc3ccccc3)CC2)CCN1. The van der Waals surface area contributed by atoms with E-state index in [1.165, 1.54) is 0 Å². The normalized spacial score (nSPS) is 19.4. The van der Waals surface area contributed by atoms with Gasteiger partial charge in [-0.15, -0.1) is 5.10 Å². The standard InChI is InChI=1S/C23H32N6O4/c1-17-14-29(12-9-24-17)23(31)33-16-21-20(25-27-26-21)13-18-7-10-28(11-8-18)22(30)32-15-19-5-3-2-4-6-19/h2-6,17-18,24H,7-16H2,1H3,(H,25,26,27). The maximum atomic E-state index is 12.4. The van der Waals surface area contributed by atoms with Gasteiger partial charge in [0.1, 0.15) is 18.9 Å². The largest absolute Gasteiger partial charge is 0.445 e. The van der Waals surface area contributed by atoms with Crippen LogP contribution in [-0.2, 0) is 29.1 Å². The lowest BCUT2D eigenvalue weighted by atomic mass is 9.92. The molecular formula is C23H32N6O4. The number of likely N-dealkylation sites (tertiary alicyclic amines) is 1. The first kappa shape index (κ1) is 23.0. The first-order chi connectivity index (χ1) is 16.1. The molecule has 3 heterocycles. The number of ether oxygens (including phenoxy) is 2. The minimum atomic E-state index is -0.320. The van der Waals surface area contributed by atoms with Crippen LogP contribution in [0, 0.1) is 5.92 Å². The first-order valence-corrected chi connectivity index (χ1v) is 11.6. The number of rotatable bonds is 6. The Labute approximate surface area is 193 Å². The van der Waals surface area contributed by atoms with Crippen LogP contribution in [0.2, 0.25) is 0 Å². The predicted molar refractivity (Wildman–Crippen MR) is 120 cm³/mol. The Kier molecular flexibility index (Phi) is 7.77. The molecule has 2 aliphatic heterocycles. The number of amides is 2. The van der Waals surface area contributed by atoms with E-state index in [1.54, 1.807) is 9.80 Å². The Morgan fingerprint density at radius 2 is 1.76 bits per heavy atom. The molecule has 1 atom stereocenters. The summed E-state index contributed by atoms with van der Waals surface area (Å²) in [5.41, 5.74) is 2.53. The number of piperazine rings is 1. The zero-order chi connectivity index (χ0) is 23.0. The van der Waals surface area contributed by atoms with Crippen LogP contribution in [0.15, 0.2) is 30.3 Å². The number of nitrogens with zero attached hydrogens (tertiary/aromatic N) is 4. The van der Waals surface area contributed by atoms with Gasteiger partial charge in [-0.05, 0) is 37.7 Å². The van der Waals surface area contributed by atoms with E-state index in [9.17, 15) is 9.59 Å². The highest BCUT2D eigenvalue weighted by atomic mass is 16.6. The molecule has 2 aliphatic rings. The number of nitrogens with one attached hydrogen (secondary N) is 2. The summed E-state index contributed by atoms with van der Waals surface area (Å²) in [5, 5.41) is 14.3. The molecular weight excluding hydrogens is 424 g/mol.